The number of methoxy groups -OCH3 is 2. The van der Waals surface area contributed by atoms with Crippen molar-refractivity contribution in [3.8, 4) is 0 Å². The Morgan fingerprint density at radius 1 is 1.22 bits per heavy atom. The zero-order valence-corrected chi connectivity index (χ0v) is 17.3. The van der Waals surface area contributed by atoms with Gasteiger partial charge in [-0.05, 0) is 32.4 Å². The highest BCUT2D eigenvalue weighted by Crippen LogP contribution is 2.19. The fourth-order valence-corrected chi connectivity index (χ4v) is 1.90. The number of hydrogen-bond acceptors (Lipinski definition) is 6. The van der Waals surface area contributed by atoms with Gasteiger partial charge in [-0.1, -0.05) is 13.2 Å². The molecular formula is C20H32N2O5. The number of carbonyl (C=O) groups is 2. The summed E-state index contributed by atoms with van der Waals surface area (Å²) in [7, 11) is 4.93. The molecule has 0 spiro atoms. The molecule has 0 aliphatic heterocycles. The monoisotopic (exact) mass is 380 g/mol. The standard InChI is InChI=1S/C20H32N2O5/c1-9-18(23)21-14-16(22(6)10-11-25-7)13-17(26-8)15(2)12-19(24)27-20(3,4)5/h9,13-14H,1-2,10-12H2,3-8H3,(H,21,23)/b16-14-,17-13+. The van der Waals surface area contributed by atoms with Crippen LogP contribution in [0.1, 0.15) is 27.2 Å². The second-order valence-electron chi connectivity index (χ2n) is 6.78. The van der Waals surface area contributed by atoms with Crippen LogP contribution in [0.25, 0.3) is 0 Å². The summed E-state index contributed by atoms with van der Waals surface area (Å²) >= 11 is 0. The third-order valence-electron chi connectivity index (χ3n) is 3.24. The molecule has 152 valence electrons. The molecule has 0 saturated heterocycles. The lowest BCUT2D eigenvalue weighted by Crippen LogP contribution is -2.25. The molecule has 0 atom stereocenters. The molecule has 1 amide bonds. The van der Waals surface area contributed by atoms with Gasteiger partial charge in [0.1, 0.15) is 11.4 Å². The van der Waals surface area contributed by atoms with Crippen molar-refractivity contribution in [2.45, 2.75) is 32.8 Å². The summed E-state index contributed by atoms with van der Waals surface area (Å²) in [5.41, 5.74) is 0.534. The largest absolute Gasteiger partial charge is 0.496 e. The molecule has 0 aliphatic carbocycles. The van der Waals surface area contributed by atoms with Gasteiger partial charge in [-0.25, -0.2) is 0 Å². The average Bonchev–Trinajstić information content (AvgIpc) is 2.57. The van der Waals surface area contributed by atoms with Gasteiger partial charge in [-0.15, -0.1) is 0 Å². The van der Waals surface area contributed by atoms with E-state index >= 15 is 0 Å². The quantitative estimate of drug-likeness (QED) is 0.257. The van der Waals surface area contributed by atoms with Crippen molar-refractivity contribution >= 4 is 11.9 Å². The van der Waals surface area contributed by atoms with Gasteiger partial charge < -0.3 is 24.4 Å². The minimum absolute atomic E-state index is 0.00890. The van der Waals surface area contributed by atoms with Crippen molar-refractivity contribution in [2.24, 2.45) is 0 Å². The molecule has 1 N–H and O–H groups in total. The lowest BCUT2D eigenvalue weighted by molar-refractivity contribution is -0.153. The predicted octanol–water partition coefficient (Wildman–Crippen LogP) is 2.53. The van der Waals surface area contributed by atoms with E-state index in [0.29, 0.717) is 30.2 Å². The number of nitrogens with one attached hydrogen (secondary N) is 1. The van der Waals surface area contributed by atoms with Crippen LogP contribution in [-0.2, 0) is 23.8 Å². The first-order valence-electron chi connectivity index (χ1n) is 8.53. The Kier molecular flexibility index (Phi) is 10.8. The molecule has 0 fully saturated rings. The number of ether oxygens (including phenoxy) is 3. The van der Waals surface area contributed by atoms with E-state index < -0.39 is 11.6 Å². The SMILES string of the molecule is C=CC(=O)N/C=C(/C=C(/OC)C(=C)CC(=O)OC(C)(C)C)N(C)CCOC. The van der Waals surface area contributed by atoms with E-state index in [1.165, 1.54) is 19.4 Å². The number of hydrogen-bond donors (Lipinski definition) is 1. The smallest absolute Gasteiger partial charge is 0.310 e. The molecule has 7 heteroatoms. The zero-order valence-electron chi connectivity index (χ0n) is 17.3. The first kappa shape index (κ1) is 24.5. The van der Waals surface area contributed by atoms with Gasteiger partial charge in [0.2, 0.25) is 5.91 Å². The van der Waals surface area contributed by atoms with Crippen LogP contribution in [0.4, 0.5) is 0 Å². The highest BCUT2D eigenvalue weighted by atomic mass is 16.6. The van der Waals surface area contributed by atoms with Crippen molar-refractivity contribution < 1.29 is 23.8 Å². The van der Waals surface area contributed by atoms with Crippen LogP contribution < -0.4 is 5.32 Å². The lowest BCUT2D eigenvalue weighted by Gasteiger charge is -2.22. The molecule has 0 radical (unpaired) electrons. The van der Waals surface area contributed by atoms with E-state index in [2.05, 4.69) is 18.5 Å². The van der Waals surface area contributed by atoms with Crippen molar-refractivity contribution in [3.05, 3.63) is 48.5 Å². The number of likely N-dealkylation sites (N-methyl/N-ethyl adjacent to an activating group) is 1. The Balaban J connectivity index is 5.43. The zero-order chi connectivity index (χ0) is 21.0. The molecule has 0 heterocycles. The van der Waals surface area contributed by atoms with Gasteiger partial charge >= 0.3 is 5.97 Å². The maximum atomic E-state index is 12.0. The molecule has 0 aromatic heterocycles. The first-order valence-corrected chi connectivity index (χ1v) is 8.53. The fourth-order valence-electron chi connectivity index (χ4n) is 1.90. The van der Waals surface area contributed by atoms with Crippen LogP contribution in [0.2, 0.25) is 0 Å². The number of allylic oxidation sites excluding steroid dienone is 2. The van der Waals surface area contributed by atoms with E-state index in [1.54, 1.807) is 34.0 Å². The summed E-state index contributed by atoms with van der Waals surface area (Å²) in [5.74, 6) is -0.328. The Morgan fingerprint density at radius 3 is 2.33 bits per heavy atom. The summed E-state index contributed by atoms with van der Waals surface area (Å²) in [4.78, 5) is 25.4. The van der Waals surface area contributed by atoms with Crippen molar-refractivity contribution in [3.63, 3.8) is 0 Å². The molecule has 0 saturated carbocycles. The predicted molar refractivity (Wildman–Crippen MR) is 106 cm³/mol. The highest BCUT2D eigenvalue weighted by molar-refractivity contribution is 5.87. The van der Waals surface area contributed by atoms with E-state index in [0.717, 1.165) is 0 Å². The van der Waals surface area contributed by atoms with Gasteiger partial charge in [0, 0.05) is 33.0 Å². The number of carbonyl (C=O) groups excluding carboxylic acids is 2. The molecule has 0 bridgehead atoms. The molecule has 0 aromatic carbocycles. The van der Waals surface area contributed by atoms with Crippen LogP contribution in [0.15, 0.2) is 48.5 Å². The van der Waals surface area contributed by atoms with Gasteiger partial charge in [-0.3, -0.25) is 9.59 Å². The number of esters is 1. The van der Waals surface area contributed by atoms with Crippen LogP contribution in [0.5, 0.6) is 0 Å². The molecule has 0 aromatic rings. The summed E-state index contributed by atoms with van der Waals surface area (Å²) in [5, 5.41) is 2.61. The topological polar surface area (TPSA) is 77.1 Å². The van der Waals surface area contributed by atoms with E-state index in [4.69, 9.17) is 14.2 Å². The van der Waals surface area contributed by atoms with E-state index in [1.807, 2.05) is 11.9 Å². The molecule has 0 aliphatic rings. The summed E-state index contributed by atoms with van der Waals surface area (Å²) in [6.07, 6.45) is 4.38. The summed E-state index contributed by atoms with van der Waals surface area (Å²) in [6.45, 7) is 13.8. The molecule has 27 heavy (non-hydrogen) atoms. The second kappa shape index (κ2) is 12.0. The second-order valence-corrected chi connectivity index (χ2v) is 6.78. The van der Waals surface area contributed by atoms with Crippen LogP contribution in [-0.4, -0.2) is 56.8 Å². The van der Waals surface area contributed by atoms with E-state index in [9.17, 15) is 9.59 Å². The fraction of sp³-hybridized carbons (Fsp3) is 0.500. The van der Waals surface area contributed by atoms with Crippen molar-refractivity contribution in [1.29, 1.82) is 0 Å². The average molecular weight is 380 g/mol. The summed E-state index contributed by atoms with van der Waals surface area (Å²) in [6, 6.07) is 0. The third-order valence-corrected chi connectivity index (χ3v) is 3.24. The molecular weight excluding hydrogens is 348 g/mol. The van der Waals surface area contributed by atoms with Gasteiger partial charge in [0.25, 0.3) is 0 Å². The van der Waals surface area contributed by atoms with Crippen LogP contribution in [0, 0.1) is 0 Å². The number of rotatable bonds is 11. The van der Waals surface area contributed by atoms with Crippen LogP contribution in [0.3, 0.4) is 0 Å². The molecule has 7 nitrogen and oxygen atoms in total. The highest BCUT2D eigenvalue weighted by Gasteiger charge is 2.18. The van der Waals surface area contributed by atoms with Crippen LogP contribution >= 0.6 is 0 Å². The van der Waals surface area contributed by atoms with Crippen molar-refractivity contribution in [2.75, 3.05) is 34.4 Å². The van der Waals surface area contributed by atoms with Crippen molar-refractivity contribution in [1.82, 2.24) is 10.2 Å². The normalized spacial score (nSPS) is 12.2. The number of amides is 1. The Labute approximate surface area is 162 Å². The van der Waals surface area contributed by atoms with Gasteiger partial charge in [0.05, 0.1) is 25.8 Å². The minimum Gasteiger partial charge on any atom is -0.496 e. The van der Waals surface area contributed by atoms with Gasteiger partial charge in [0.15, 0.2) is 0 Å². The third kappa shape index (κ3) is 10.9. The minimum atomic E-state index is -0.575. The Hall–Kier alpha value is -2.54. The van der Waals surface area contributed by atoms with Gasteiger partial charge in [-0.2, -0.15) is 0 Å². The lowest BCUT2D eigenvalue weighted by atomic mass is 10.1. The number of nitrogens with zero attached hydrogens (tertiary/aromatic N) is 1. The maximum absolute atomic E-state index is 12.0. The molecule has 0 rings (SSSR count). The first-order chi connectivity index (χ1) is 12.5. The van der Waals surface area contributed by atoms with E-state index in [-0.39, 0.29) is 12.3 Å². The Morgan fingerprint density at radius 2 is 1.85 bits per heavy atom. The summed E-state index contributed by atoms with van der Waals surface area (Å²) < 4.78 is 15.8. The maximum Gasteiger partial charge on any atom is 0.310 e. The molecule has 0 unspecified atom stereocenters. The Bertz CT molecular complexity index is 600.